The van der Waals surface area contributed by atoms with E-state index in [1.54, 1.807) is 31.4 Å². The lowest BCUT2D eigenvalue weighted by Crippen LogP contribution is -2.57. The standard InChI is InChI=1S/C25H31ClF3N5O.H2/c1-17-15-33(23-22(26)13-19(14-31-23)24(35)30-2)11-12-34(17)21-7-9-32(10-8-21)16-18-3-5-20(6-4-18)25(27,28)29;/h3-6,13-14,17,21H,7-12,15-16H2,1-2H3,(H,30,35);1H/t17-;/m0./s1. The van der Waals surface area contributed by atoms with Gasteiger partial charge in [0, 0.05) is 52.9 Å². The van der Waals surface area contributed by atoms with Gasteiger partial charge in [0.25, 0.3) is 5.91 Å². The smallest absolute Gasteiger partial charge is 0.355 e. The Balaban J connectivity index is 0.00000361. The van der Waals surface area contributed by atoms with Crippen LogP contribution in [0.3, 0.4) is 0 Å². The van der Waals surface area contributed by atoms with Crippen LogP contribution in [0.15, 0.2) is 36.5 Å². The van der Waals surface area contributed by atoms with Crippen LogP contribution in [0.1, 0.15) is 42.7 Å². The van der Waals surface area contributed by atoms with E-state index in [1.165, 1.54) is 0 Å². The summed E-state index contributed by atoms with van der Waals surface area (Å²) in [5.41, 5.74) is 0.744. The van der Waals surface area contributed by atoms with Crippen LogP contribution >= 0.6 is 11.6 Å². The van der Waals surface area contributed by atoms with Crippen LogP contribution in [0.5, 0.6) is 0 Å². The SMILES string of the molecule is CNC(=O)c1cnc(N2CCN(C3CCN(Cc4ccc(C(F)(F)F)cc4)CC3)[C@@H](C)C2)c(Cl)c1.[HH]. The summed E-state index contributed by atoms with van der Waals surface area (Å²) in [6.45, 7) is 7.25. The van der Waals surface area contributed by atoms with Crippen molar-refractivity contribution in [1.82, 2.24) is 20.1 Å². The van der Waals surface area contributed by atoms with Gasteiger partial charge in [0.05, 0.1) is 16.1 Å². The molecule has 2 aliphatic heterocycles. The van der Waals surface area contributed by atoms with Crippen LogP contribution < -0.4 is 10.2 Å². The molecule has 0 spiro atoms. The van der Waals surface area contributed by atoms with Crippen LogP contribution in [0, 0.1) is 0 Å². The molecule has 1 atom stereocenters. The molecule has 4 rings (SSSR count). The molecule has 2 aliphatic rings. The van der Waals surface area contributed by atoms with Gasteiger partial charge in [0.1, 0.15) is 5.82 Å². The van der Waals surface area contributed by atoms with Gasteiger partial charge in [-0.25, -0.2) is 4.98 Å². The molecule has 1 amide bonds. The number of carbonyl (C=O) groups is 1. The maximum atomic E-state index is 12.8. The molecular weight excluding hydrogens is 479 g/mol. The first-order chi connectivity index (χ1) is 16.7. The fourth-order valence-electron chi connectivity index (χ4n) is 5.10. The third-order valence-electron chi connectivity index (χ3n) is 7.00. The monoisotopic (exact) mass is 511 g/mol. The van der Waals surface area contributed by atoms with Crippen LogP contribution in [0.2, 0.25) is 5.02 Å². The molecule has 0 unspecified atom stereocenters. The van der Waals surface area contributed by atoms with E-state index >= 15 is 0 Å². The van der Waals surface area contributed by atoms with Gasteiger partial charge in [-0.3, -0.25) is 14.6 Å². The van der Waals surface area contributed by atoms with E-state index in [1.807, 2.05) is 0 Å². The number of amides is 1. The third kappa shape index (κ3) is 6.08. The Bertz CT molecular complexity index is 1030. The second-order valence-corrected chi connectivity index (χ2v) is 9.75. The molecule has 0 aliphatic carbocycles. The lowest BCUT2D eigenvalue weighted by molar-refractivity contribution is -0.137. The summed E-state index contributed by atoms with van der Waals surface area (Å²) < 4.78 is 38.4. The maximum absolute atomic E-state index is 12.8. The lowest BCUT2D eigenvalue weighted by atomic mass is 9.99. The molecule has 0 radical (unpaired) electrons. The molecule has 6 nitrogen and oxygen atoms in total. The average Bonchev–Trinajstić information content (AvgIpc) is 2.84. The first-order valence-electron chi connectivity index (χ1n) is 11.9. The Labute approximate surface area is 210 Å². The Morgan fingerprint density at radius 1 is 1.17 bits per heavy atom. The highest BCUT2D eigenvalue weighted by Gasteiger charge is 2.33. The fourth-order valence-corrected chi connectivity index (χ4v) is 5.39. The Morgan fingerprint density at radius 3 is 2.43 bits per heavy atom. The summed E-state index contributed by atoms with van der Waals surface area (Å²) in [5, 5.41) is 3.05. The van der Waals surface area contributed by atoms with Crippen molar-refractivity contribution in [1.29, 1.82) is 0 Å². The molecule has 1 aromatic carbocycles. The Morgan fingerprint density at radius 2 is 1.86 bits per heavy atom. The molecule has 1 N–H and O–H groups in total. The molecule has 2 aromatic rings. The third-order valence-corrected chi connectivity index (χ3v) is 7.28. The number of hydrogen-bond acceptors (Lipinski definition) is 5. The van der Waals surface area contributed by atoms with Crippen molar-refractivity contribution in [2.45, 2.75) is 44.6 Å². The normalized spacial score (nSPS) is 20.7. The number of piperidine rings is 1. The fraction of sp³-hybridized carbons (Fsp3) is 0.520. The van der Waals surface area contributed by atoms with Gasteiger partial charge >= 0.3 is 6.18 Å². The van der Waals surface area contributed by atoms with Gasteiger partial charge < -0.3 is 10.2 Å². The molecule has 2 saturated heterocycles. The Kier molecular flexibility index (Phi) is 7.88. The highest BCUT2D eigenvalue weighted by atomic mass is 35.5. The molecule has 192 valence electrons. The van der Waals surface area contributed by atoms with E-state index in [0.29, 0.717) is 35.0 Å². The minimum absolute atomic E-state index is 0. The second-order valence-electron chi connectivity index (χ2n) is 9.34. The number of nitrogens with one attached hydrogen (secondary N) is 1. The first kappa shape index (κ1) is 25.7. The van der Waals surface area contributed by atoms with E-state index < -0.39 is 11.7 Å². The van der Waals surface area contributed by atoms with Crippen LogP contribution in [0.25, 0.3) is 0 Å². The molecule has 35 heavy (non-hydrogen) atoms. The van der Waals surface area contributed by atoms with Gasteiger partial charge in [-0.15, -0.1) is 0 Å². The number of halogens is 4. The van der Waals surface area contributed by atoms with Crippen molar-refractivity contribution in [3.63, 3.8) is 0 Å². The largest absolute Gasteiger partial charge is 0.416 e. The molecule has 0 saturated carbocycles. The minimum Gasteiger partial charge on any atom is -0.355 e. The van der Waals surface area contributed by atoms with Crippen molar-refractivity contribution in [2.75, 3.05) is 44.7 Å². The van der Waals surface area contributed by atoms with E-state index in [-0.39, 0.29) is 7.33 Å². The number of carbonyl (C=O) groups excluding carboxylic acids is 1. The number of aromatic nitrogens is 1. The van der Waals surface area contributed by atoms with Crippen molar-refractivity contribution < 1.29 is 19.4 Å². The zero-order chi connectivity index (χ0) is 25.2. The number of alkyl halides is 3. The van der Waals surface area contributed by atoms with Crippen LogP contribution in [-0.2, 0) is 12.7 Å². The zero-order valence-corrected chi connectivity index (χ0v) is 20.7. The van der Waals surface area contributed by atoms with E-state index in [9.17, 15) is 18.0 Å². The van der Waals surface area contributed by atoms with Gasteiger partial charge in [-0.05, 0) is 56.6 Å². The van der Waals surface area contributed by atoms with E-state index in [4.69, 9.17) is 11.6 Å². The summed E-state index contributed by atoms with van der Waals surface area (Å²) in [5.74, 6) is 0.492. The molecule has 1 aromatic heterocycles. The number of nitrogens with zero attached hydrogens (tertiary/aromatic N) is 4. The quantitative estimate of drug-likeness (QED) is 0.639. The number of hydrogen-bond donors (Lipinski definition) is 1. The van der Waals surface area contributed by atoms with Crippen LogP contribution in [-0.4, -0.2) is 72.5 Å². The van der Waals surface area contributed by atoms with Crippen molar-refractivity contribution >= 4 is 23.3 Å². The minimum atomic E-state index is -4.30. The summed E-state index contributed by atoms with van der Waals surface area (Å²) >= 11 is 6.45. The predicted molar refractivity (Wildman–Crippen MR) is 133 cm³/mol. The zero-order valence-electron chi connectivity index (χ0n) is 20.0. The number of piperazine rings is 1. The summed E-state index contributed by atoms with van der Waals surface area (Å²) in [6.07, 6.45) is -0.674. The molecule has 0 bridgehead atoms. The molecule has 3 heterocycles. The van der Waals surface area contributed by atoms with Gasteiger partial charge in [0.15, 0.2) is 0 Å². The van der Waals surface area contributed by atoms with Crippen molar-refractivity contribution in [3.05, 3.63) is 58.2 Å². The Hall–Kier alpha value is -2.36. The molecule has 2 fully saturated rings. The number of pyridine rings is 1. The lowest BCUT2D eigenvalue weighted by Gasteiger charge is -2.47. The predicted octanol–water partition coefficient (Wildman–Crippen LogP) is 4.53. The van der Waals surface area contributed by atoms with Crippen molar-refractivity contribution in [3.8, 4) is 0 Å². The average molecular weight is 512 g/mol. The van der Waals surface area contributed by atoms with Gasteiger partial charge in [0.2, 0.25) is 0 Å². The number of anilines is 1. The molecular formula is C25H33ClF3N5O. The maximum Gasteiger partial charge on any atom is 0.416 e. The van der Waals surface area contributed by atoms with E-state index in [2.05, 4.69) is 31.9 Å². The number of rotatable bonds is 5. The highest BCUT2D eigenvalue weighted by molar-refractivity contribution is 6.33. The highest BCUT2D eigenvalue weighted by Crippen LogP contribution is 2.30. The summed E-state index contributed by atoms with van der Waals surface area (Å²) in [7, 11) is 1.57. The topological polar surface area (TPSA) is 51.7 Å². The van der Waals surface area contributed by atoms with Gasteiger partial charge in [-0.2, -0.15) is 13.2 Å². The van der Waals surface area contributed by atoms with Crippen LogP contribution in [0.4, 0.5) is 19.0 Å². The van der Waals surface area contributed by atoms with E-state index in [0.717, 1.165) is 63.3 Å². The summed E-state index contributed by atoms with van der Waals surface area (Å²) in [4.78, 5) is 23.3. The second kappa shape index (κ2) is 10.7. The first-order valence-corrected chi connectivity index (χ1v) is 12.3. The molecule has 10 heteroatoms. The van der Waals surface area contributed by atoms with Gasteiger partial charge in [-0.1, -0.05) is 23.7 Å². The number of likely N-dealkylation sites (tertiary alicyclic amines) is 1. The number of benzene rings is 1. The summed E-state index contributed by atoms with van der Waals surface area (Å²) in [6, 6.07) is 7.95. The van der Waals surface area contributed by atoms with Crippen molar-refractivity contribution in [2.24, 2.45) is 0 Å².